The molecule has 0 aliphatic carbocycles. The van der Waals surface area contributed by atoms with Gasteiger partial charge < -0.3 is 19.8 Å². The van der Waals surface area contributed by atoms with Crippen LogP contribution in [0.3, 0.4) is 0 Å². The Hall–Kier alpha value is -3.61. The molecule has 0 fully saturated rings. The molecule has 0 aliphatic heterocycles. The number of esters is 1. The second kappa shape index (κ2) is 7.19. The van der Waals surface area contributed by atoms with E-state index < -0.39 is 5.97 Å². The van der Waals surface area contributed by atoms with E-state index in [1.165, 1.54) is 0 Å². The summed E-state index contributed by atoms with van der Waals surface area (Å²) in [7, 11) is 1.62. The summed E-state index contributed by atoms with van der Waals surface area (Å²) in [6, 6.07) is 15.2. The molecule has 4 rings (SSSR count). The lowest BCUT2D eigenvalue weighted by molar-refractivity contribution is 0.0529. The van der Waals surface area contributed by atoms with Gasteiger partial charge in [-0.2, -0.15) is 0 Å². The fourth-order valence-electron chi connectivity index (χ4n) is 3.20. The number of rotatable bonds is 5. The molecule has 7 heteroatoms. The fraction of sp³-hybridized carbons (Fsp3) is 0.190. The van der Waals surface area contributed by atoms with Crippen LogP contribution in [0.25, 0.3) is 22.2 Å². The van der Waals surface area contributed by atoms with Gasteiger partial charge in [-0.05, 0) is 36.8 Å². The normalized spacial score (nSPS) is 11.1. The molecule has 2 aromatic carbocycles. The molecule has 2 N–H and O–H groups in total. The van der Waals surface area contributed by atoms with Crippen molar-refractivity contribution in [1.82, 2.24) is 14.5 Å². The van der Waals surface area contributed by atoms with E-state index in [1.54, 1.807) is 18.6 Å². The molecule has 2 aromatic heterocycles. The Morgan fingerprint density at radius 1 is 1.07 bits per heavy atom. The van der Waals surface area contributed by atoms with Crippen LogP contribution in [-0.2, 0) is 11.3 Å². The number of carbonyl (C=O) groups is 1. The Labute approximate surface area is 161 Å². The Balaban J connectivity index is 1.91. The summed E-state index contributed by atoms with van der Waals surface area (Å²) < 4.78 is 12.2. The van der Waals surface area contributed by atoms with Gasteiger partial charge in [0, 0.05) is 0 Å². The highest BCUT2D eigenvalue weighted by Crippen LogP contribution is 2.29. The highest BCUT2D eigenvalue weighted by Gasteiger charge is 2.25. The molecule has 142 valence electrons. The van der Waals surface area contributed by atoms with Crippen LogP contribution in [0.2, 0.25) is 0 Å². The van der Waals surface area contributed by atoms with Crippen LogP contribution < -0.4 is 10.5 Å². The van der Waals surface area contributed by atoms with Crippen molar-refractivity contribution in [3.05, 3.63) is 59.7 Å². The number of hydrogen-bond acceptors (Lipinski definition) is 6. The first kappa shape index (κ1) is 17.8. The SMILES string of the molecule is CCOC(=O)c1c(N)n(Cc2ccc(OC)cc2)c2nc3ccccc3nc12. The maximum atomic E-state index is 12.6. The summed E-state index contributed by atoms with van der Waals surface area (Å²) in [5.41, 5.74) is 10.0. The highest BCUT2D eigenvalue weighted by atomic mass is 16.5. The van der Waals surface area contributed by atoms with Gasteiger partial charge in [-0.15, -0.1) is 0 Å². The lowest BCUT2D eigenvalue weighted by Crippen LogP contribution is -2.10. The minimum absolute atomic E-state index is 0.253. The van der Waals surface area contributed by atoms with Gasteiger partial charge in [0.2, 0.25) is 0 Å². The summed E-state index contributed by atoms with van der Waals surface area (Å²) >= 11 is 0. The van der Waals surface area contributed by atoms with Crippen molar-refractivity contribution in [1.29, 1.82) is 0 Å². The third-order valence-corrected chi connectivity index (χ3v) is 4.57. The molecule has 4 aromatic rings. The molecule has 0 saturated carbocycles. The van der Waals surface area contributed by atoms with Gasteiger partial charge in [0.15, 0.2) is 5.65 Å². The Morgan fingerprint density at radius 3 is 2.39 bits per heavy atom. The first-order chi connectivity index (χ1) is 13.6. The predicted octanol–water partition coefficient (Wildman–Crippen LogP) is 3.40. The second-order valence-corrected chi connectivity index (χ2v) is 6.30. The van der Waals surface area contributed by atoms with Crippen molar-refractivity contribution in [3.8, 4) is 5.75 Å². The summed E-state index contributed by atoms with van der Waals surface area (Å²) in [6.45, 7) is 2.45. The van der Waals surface area contributed by atoms with Crippen LogP contribution in [0.5, 0.6) is 5.75 Å². The quantitative estimate of drug-likeness (QED) is 0.537. The topological polar surface area (TPSA) is 92.3 Å². The molecular formula is C21H20N4O3. The van der Waals surface area contributed by atoms with E-state index in [0.717, 1.165) is 16.8 Å². The molecule has 0 unspecified atom stereocenters. The highest BCUT2D eigenvalue weighted by molar-refractivity contribution is 6.08. The number of anilines is 1. The zero-order valence-electron chi connectivity index (χ0n) is 15.7. The van der Waals surface area contributed by atoms with E-state index in [1.807, 2.05) is 48.5 Å². The molecule has 7 nitrogen and oxygen atoms in total. The van der Waals surface area contributed by atoms with Crippen LogP contribution in [0, 0.1) is 0 Å². The van der Waals surface area contributed by atoms with Gasteiger partial charge in [0.05, 0.1) is 31.3 Å². The van der Waals surface area contributed by atoms with Crippen molar-refractivity contribution in [2.45, 2.75) is 13.5 Å². The Morgan fingerprint density at radius 2 is 1.75 bits per heavy atom. The lowest BCUT2D eigenvalue weighted by Gasteiger charge is -2.09. The number of aromatic nitrogens is 3. The average molecular weight is 376 g/mol. The van der Waals surface area contributed by atoms with Gasteiger partial charge >= 0.3 is 5.97 Å². The van der Waals surface area contributed by atoms with Gasteiger partial charge in [-0.25, -0.2) is 14.8 Å². The van der Waals surface area contributed by atoms with Gasteiger partial charge in [0.1, 0.15) is 22.6 Å². The molecule has 0 aliphatic rings. The molecule has 0 amide bonds. The zero-order chi connectivity index (χ0) is 19.7. The first-order valence-corrected chi connectivity index (χ1v) is 8.97. The van der Waals surface area contributed by atoms with E-state index in [4.69, 9.17) is 20.2 Å². The molecule has 0 saturated heterocycles. The minimum Gasteiger partial charge on any atom is -0.497 e. The number of carbonyl (C=O) groups excluding carboxylic acids is 1. The molecular weight excluding hydrogens is 356 g/mol. The van der Waals surface area contributed by atoms with Crippen molar-refractivity contribution in [2.24, 2.45) is 0 Å². The molecule has 28 heavy (non-hydrogen) atoms. The van der Waals surface area contributed by atoms with Crippen molar-refractivity contribution in [2.75, 3.05) is 19.5 Å². The van der Waals surface area contributed by atoms with Crippen LogP contribution in [0.1, 0.15) is 22.8 Å². The van der Waals surface area contributed by atoms with E-state index in [0.29, 0.717) is 29.0 Å². The molecule has 0 bridgehead atoms. The molecule has 0 spiro atoms. The van der Waals surface area contributed by atoms with Crippen molar-refractivity contribution >= 4 is 34.0 Å². The number of nitrogens with zero attached hydrogens (tertiary/aromatic N) is 3. The third-order valence-electron chi connectivity index (χ3n) is 4.57. The maximum Gasteiger partial charge on any atom is 0.344 e. The molecule has 2 heterocycles. The van der Waals surface area contributed by atoms with Crippen LogP contribution >= 0.6 is 0 Å². The second-order valence-electron chi connectivity index (χ2n) is 6.30. The summed E-state index contributed by atoms with van der Waals surface area (Å²) in [5.74, 6) is 0.565. The van der Waals surface area contributed by atoms with Gasteiger partial charge in [0.25, 0.3) is 0 Å². The van der Waals surface area contributed by atoms with E-state index in [9.17, 15) is 4.79 Å². The van der Waals surface area contributed by atoms with Crippen LogP contribution in [0.15, 0.2) is 48.5 Å². The lowest BCUT2D eigenvalue weighted by atomic mass is 10.2. The molecule has 0 radical (unpaired) electrons. The maximum absolute atomic E-state index is 12.6. The number of hydrogen-bond donors (Lipinski definition) is 1. The summed E-state index contributed by atoms with van der Waals surface area (Å²) in [5, 5.41) is 0. The van der Waals surface area contributed by atoms with E-state index in [-0.39, 0.29) is 12.2 Å². The number of nitrogen functional groups attached to an aromatic ring is 1. The fourth-order valence-corrected chi connectivity index (χ4v) is 3.20. The number of benzene rings is 2. The van der Waals surface area contributed by atoms with E-state index >= 15 is 0 Å². The van der Waals surface area contributed by atoms with Crippen LogP contribution in [0.4, 0.5) is 5.82 Å². The smallest absolute Gasteiger partial charge is 0.344 e. The first-order valence-electron chi connectivity index (χ1n) is 8.97. The number of ether oxygens (including phenoxy) is 2. The number of fused-ring (bicyclic) bond motifs is 2. The Bertz CT molecular complexity index is 1170. The van der Waals surface area contributed by atoms with E-state index in [2.05, 4.69) is 4.98 Å². The number of methoxy groups -OCH3 is 1. The molecule has 0 atom stereocenters. The van der Waals surface area contributed by atoms with Gasteiger partial charge in [-0.1, -0.05) is 24.3 Å². The van der Waals surface area contributed by atoms with Crippen molar-refractivity contribution in [3.63, 3.8) is 0 Å². The average Bonchev–Trinajstić information content (AvgIpc) is 2.98. The summed E-state index contributed by atoms with van der Waals surface area (Å²) in [4.78, 5) is 21.9. The largest absolute Gasteiger partial charge is 0.497 e. The van der Waals surface area contributed by atoms with Gasteiger partial charge in [-0.3, -0.25) is 0 Å². The zero-order valence-corrected chi connectivity index (χ0v) is 15.7. The summed E-state index contributed by atoms with van der Waals surface area (Å²) in [6.07, 6.45) is 0. The monoisotopic (exact) mass is 376 g/mol. The third kappa shape index (κ3) is 3.00. The standard InChI is InChI=1S/C21H20N4O3/c1-3-28-21(26)17-18-20(24-16-7-5-4-6-15(16)23-18)25(19(17)22)12-13-8-10-14(27-2)11-9-13/h4-11H,3,12,22H2,1-2H3. The predicted molar refractivity (Wildman–Crippen MR) is 107 cm³/mol. The minimum atomic E-state index is -0.497. The Kier molecular flexibility index (Phi) is 4.57. The van der Waals surface area contributed by atoms with Crippen molar-refractivity contribution < 1.29 is 14.3 Å². The van der Waals surface area contributed by atoms with Crippen LogP contribution in [-0.4, -0.2) is 34.2 Å². The number of nitrogens with two attached hydrogens (primary N) is 1. The number of para-hydroxylation sites is 2.